The van der Waals surface area contributed by atoms with E-state index < -0.39 is 0 Å². The van der Waals surface area contributed by atoms with Gasteiger partial charge in [-0.15, -0.1) is 0 Å². The molecule has 5 nitrogen and oxygen atoms in total. The van der Waals surface area contributed by atoms with E-state index in [2.05, 4.69) is 5.32 Å². The molecular weight excluding hydrogens is 230 g/mol. The summed E-state index contributed by atoms with van der Waals surface area (Å²) >= 11 is 0. The van der Waals surface area contributed by atoms with Gasteiger partial charge in [0, 0.05) is 5.54 Å². The largest absolute Gasteiger partial charge is 0.368 e. The topological polar surface area (TPSA) is 75.4 Å². The lowest BCUT2D eigenvalue weighted by molar-refractivity contribution is -0.128. The average Bonchev–Trinajstić information content (AvgIpc) is 2.28. The average molecular weight is 255 g/mol. The fraction of sp³-hybridized carbons (Fsp3) is 0.846. The molecule has 1 fully saturated rings. The molecule has 0 aromatic heterocycles. The smallest absolute Gasteiger partial charge is 0.234 e. The number of hydrogen-bond acceptors (Lipinski definition) is 3. The summed E-state index contributed by atoms with van der Waals surface area (Å²) < 4.78 is 0. The molecule has 0 aromatic carbocycles. The first-order valence-electron chi connectivity index (χ1n) is 6.70. The van der Waals surface area contributed by atoms with Crippen LogP contribution < -0.4 is 11.1 Å². The molecule has 5 heteroatoms. The van der Waals surface area contributed by atoms with Crippen molar-refractivity contribution in [2.45, 2.75) is 58.0 Å². The van der Waals surface area contributed by atoms with Gasteiger partial charge in [-0.3, -0.25) is 14.5 Å². The number of carbonyl (C=O) groups excluding carboxylic acids is 2. The predicted molar refractivity (Wildman–Crippen MR) is 70.9 cm³/mol. The lowest BCUT2D eigenvalue weighted by Gasteiger charge is -2.34. The van der Waals surface area contributed by atoms with E-state index in [0.717, 1.165) is 32.2 Å². The zero-order valence-corrected chi connectivity index (χ0v) is 11.7. The van der Waals surface area contributed by atoms with Crippen molar-refractivity contribution in [2.24, 2.45) is 5.73 Å². The van der Waals surface area contributed by atoms with Gasteiger partial charge in [-0.1, -0.05) is 13.3 Å². The third-order valence-electron chi connectivity index (χ3n) is 3.65. The lowest BCUT2D eigenvalue weighted by atomic mass is 10.0. The van der Waals surface area contributed by atoms with Gasteiger partial charge < -0.3 is 11.1 Å². The first-order chi connectivity index (χ1) is 8.35. The van der Waals surface area contributed by atoms with Crippen LogP contribution in [0, 0.1) is 0 Å². The molecule has 1 rings (SSSR count). The van der Waals surface area contributed by atoms with Gasteiger partial charge in [-0.2, -0.15) is 0 Å². The van der Waals surface area contributed by atoms with Gasteiger partial charge in [-0.25, -0.2) is 0 Å². The molecule has 1 saturated heterocycles. The molecule has 0 saturated carbocycles. The molecule has 1 aliphatic rings. The van der Waals surface area contributed by atoms with Gasteiger partial charge in [0.1, 0.15) is 0 Å². The minimum Gasteiger partial charge on any atom is -0.368 e. The predicted octanol–water partition coefficient (Wildman–Crippen LogP) is 0.631. The highest BCUT2D eigenvalue weighted by Gasteiger charge is 2.29. The van der Waals surface area contributed by atoms with E-state index in [1.54, 1.807) is 0 Å². The van der Waals surface area contributed by atoms with Crippen molar-refractivity contribution in [3.05, 3.63) is 0 Å². The van der Waals surface area contributed by atoms with Crippen LogP contribution in [0.5, 0.6) is 0 Å². The Morgan fingerprint density at radius 1 is 1.39 bits per heavy atom. The molecular formula is C13H25N3O2. The lowest BCUT2D eigenvalue weighted by Crippen LogP contribution is -2.53. The molecule has 0 unspecified atom stereocenters. The minimum absolute atomic E-state index is 0.0324. The van der Waals surface area contributed by atoms with Crippen LogP contribution in [0.2, 0.25) is 0 Å². The molecule has 0 aliphatic carbocycles. The van der Waals surface area contributed by atoms with Crippen LogP contribution in [0.15, 0.2) is 0 Å². The Morgan fingerprint density at radius 2 is 2.06 bits per heavy atom. The van der Waals surface area contributed by atoms with Crippen molar-refractivity contribution in [3.8, 4) is 0 Å². The second-order valence-corrected chi connectivity index (χ2v) is 5.67. The quantitative estimate of drug-likeness (QED) is 0.756. The fourth-order valence-electron chi connectivity index (χ4n) is 2.19. The van der Waals surface area contributed by atoms with E-state index in [9.17, 15) is 9.59 Å². The van der Waals surface area contributed by atoms with E-state index in [1.165, 1.54) is 0 Å². The molecule has 3 N–H and O–H groups in total. The highest BCUT2D eigenvalue weighted by atomic mass is 16.2. The number of hydrogen-bond donors (Lipinski definition) is 2. The third-order valence-corrected chi connectivity index (χ3v) is 3.65. The number of carbonyl (C=O) groups is 2. The standard InChI is InChI=1S/C13H25N3O2/c1-4-13(2,3)15-11(17)9-16-8-6-5-7-10(16)12(14)18/h10H,4-9H2,1-3H3,(H2,14,18)(H,15,17)/t10-/m1/s1. The van der Waals surface area contributed by atoms with Gasteiger partial charge in [0.15, 0.2) is 0 Å². The molecule has 0 bridgehead atoms. The van der Waals surface area contributed by atoms with Gasteiger partial charge in [0.25, 0.3) is 0 Å². The molecule has 0 spiro atoms. The summed E-state index contributed by atoms with van der Waals surface area (Å²) in [5.41, 5.74) is 5.18. The number of primary amides is 1. The van der Waals surface area contributed by atoms with Gasteiger partial charge in [-0.05, 0) is 39.7 Å². The zero-order chi connectivity index (χ0) is 13.8. The van der Waals surface area contributed by atoms with Gasteiger partial charge in [0.05, 0.1) is 12.6 Å². The number of nitrogens with zero attached hydrogens (tertiary/aromatic N) is 1. The molecule has 1 atom stereocenters. The third kappa shape index (κ3) is 4.29. The van der Waals surface area contributed by atoms with Crippen LogP contribution in [-0.2, 0) is 9.59 Å². The maximum atomic E-state index is 11.9. The first-order valence-corrected chi connectivity index (χ1v) is 6.70. The second-order valence-electron chi connectivity index (χ2n) is 5.67. The van der Waals surface area contributed by atoms with E-state index in [-0.39, 0.29) is 29.9 Å². The summed E-state index contributed by atoms with van der Waals surface area (Å²) in [6.45, 7) is 7.05. The summed E-state index contributed by atoms with van der Waals surface area (Å²) in [6.07, 6.45) is 3.66. The Bertz CT molecular complexity index is 315. The Hall–Kier alpha value is -1.10. The summed E-state index contributed by atoms with van der Waals surface area (Å²) in [5.74, 6) is -0.354. The Balaban J connectivity index is 2.54. The SMILES string of the molecule is CCC(C)(C)NC(=O)CN1CCCC[C@@H]1C(N)=O. The number of piperidine rings is 1. The zero-order valence-electron chi connectivity index (χ0n) is 11.7. The molecule has 1 aliphatic heterocycles. The van der Waals surface area contributed by atoms with Crippen molar-refractivity contribution in [3.63, 3.8) is 0 Å². The van der Waals surface area contributed by atoms with Crippen LogP contribution in [0.4, 0.5) is 0 Å². The highest BCUT2D eigenvalue weighted by molar-refractivity contribution is 5.82. The van der Waals surface area contributed by atoms with E-state index >= 15 is 0 Å². The van der Waals surface area contributed by atoms with Crippen molar-refractivity contribution in [2.75, 3.05) is 13.1 Å². The molecule has 0 aromatic rings. The van der Waals surface area contributed by atoms with E-state index in [4.69, 9.17) is 5.73 Å². The van der Waals surface area contributed by atoms with Crippen LogP contribution in [0.1, 0.15) is 46.5 Å². The highest BCUT2D eigenvalue weighted by Crippen LogP contribution is 2.16. The molecule has 0 radical (unpaired) electrons. The number of nitrogens with two attached hydrogens (primary N) is 1. The molecule has 2 amide bonds. The number of amides is 2. The maximum Gasteiger partial charge on any atom is 0.234 e. The van der Waals surface area contributed by atoms with Gasteiger partial charge >= 0.3 is 0 Å². The Morgan fingerprint density at radius 3 is 2.61 bits per heavy atom. The van der Waals surface area contributed by atoms with Crippen LogP contribution in [0.25, 0.3) is 0 Å². The van der Waals surface area contributed by atoms with Gasteiger partial charge in [0.2, 0.25) is 11.8 Å². The van der Waals surface area contributed by atoms with Crippen molar-refractivity contribution in [1.29, 1.82) is 0 Å². The molecule has 104 valence electrons. The van der Waals surface area contributed by atoms with Crippen LogP contribution >= 0.6 is 0 Å². The summed E-state index contributed by atoms with van der Waals surface area (Å²) in [7, 11) is 0. The van der Waals surface area contributed by atoms with Crippen LogP contribution in [0.3, 0.4) is 0 Å². The summed E-state index contributed by atoms with van der Waals surface area (Å²) in [5, 5.41) is 2.98. The van der Waals surface area contributed by atoms with Crippen LogP contribution in [-0.4, -0.2) is 41.4 Å². The van der Waals surface area contributed by atoms with E-state index in [0.29, 0.717) is 0 Å². The summed E-state index contributed by atoms with van der Waals surface area (Å²) in [6, 6.07) is -0.283. The maximum absolute atomic E-state index is 11.9. The molecule has 1 heterocycles. The normalized spacial score (nSPS) is 21.6. The van der Waals surface area contributed by atoms with E-state index in [1.807, 2.05) is 25.7 Å². The minimum atomic E-state index is -0.322. The van der Waals surface area contributed by atoms with Crippen molar-refractivity contribution in [1.82, 2.24) is 10.2 Å². The fourth-order valence-corrected chi connectivity index (χ4v) is 2.19. The number of nitrogens with one attached hydrogen (secondary N) is 1. The molecule has 18 heavy (non-hydrogen) atoms. The monoisotopic (exact) mass is 255 g/mol. The van der Waals surface area contributed by atoms with Crippen molar-refractivity contribution >= 4 is 11.8 Å². The van der Waals surface area contributed by atoms with Crippen molar-refractivity contribution < 1.29 is 9.59 Å². The second kappa shape index (κ2) is 6.18. The Labute approximate surface area is 109 Å². The Kier molecular flexibility index (Phi) is 5.14. The first kappa shape index (κ1) is 15.0. The number of rotatable bonds is 5. The summed E-state index contributed by atoms with van der Waals surface area (Å²) in [4.78, 5) is 25.2. The number of likely N-dealkylation sites (tertiary alicyclic amines) is 1.